The Labute approximate surface area is 223 Å². The lowest BCUT2D eigenvalue weighted by atomic mass is 10.1. The number of benzene rings is 1. The van der Waals surface area contributed by atoms with E-state index in [0.29, 0.717) is 37.8 Å². The minimum Gasteiger partial charge on any atom is -0.481 e. The largest absolute Gasteiger partial charge is 0.481 e. The van der Waals surface area contributed by atoms with Crippen molar-refractivity contribution in [3.8, 4) is 17.1 Å². The number of H-pyrrole nitrogens is 1. The second-order valence-corrected chi connectivity index (χ2v) is 9.54. The molecule has 0 saturated carbocycles. The molecule has 1 N–H and O–H groups in total. The second kappa shape index (κ2) is 11.0. The molecule has 4 aromatic rings. The van der Waals surface area contributed by atoms with Crippen molar-refractivity contribution in [3.05, 3.63) is 65.5 Å². The van der Waals surface area contributed by atoms with E-state index in [0.717, 1.165) is 39.4 Å². The molecule has 0 atom stereocenters. The van der Waals surface area contributed by atoms with Crippen LogP contribution in [0.3, 0.4) is 0 Å². The maximum absolute atomic E-state index is 12.5. The molecule has 39 heavy (non-hydrogen) atoms. The highest BCUT2D eigenvalue weighted by molar-refractivity contribution is 5.81. The van der Waals surface area contributed by atoms with Gasteiger partial charge in [0.2, 0.25) is 11.8 Å². The highest BCUT2D eigenvalue weighted by Gasteiger charge is 2.34. The van der Waals surface area contributed by atoms with Gasteiger partial charge in [-0.25, -0.2) is 9.97 Å². The van der Waals surface area contributed by atoms with E-state index >= 15 is 0 Å². The number of rotatable bonds is 7. The highest BCUT2D eigenvalue weighted by Crippen LogP contribution is 2.25. The van der Waals surface area contributed by atoms with E-state index in [1.54, 1.807) is 19.4 Å². The Bertz CT molecular complexity index is 1480. The van der Waals surface area contributed by atoms with Crippen LogP contribution in [0.15, 0.2) is 42.6 Å². The van der Waals surface area contributed by atoms with Crippen LogP contribution in [-0.4, -0.2) is 80.1 Å². The number of fused-ring (bicyclic) bond motifs is 1. The Morgan fingerprint density at radius 1 is 1.05 bits per heavy atom. The zero-order valence-electron chi connectivity index (χ0n) is 21.6. The number of amides is 1. The van der Waals surface area contributed by atoms with E-state index in [-0.39, 0.29) is 13.1 Å². The second-order valence-electron chi connectivity index (χ2n) is 9.54. The van der Waals surface area contributed by atoms with E-state index < -0.39 is 18.5 Å². The van der Waals surface area contributed by atoms with Gasteiger partial charge in [-0.1, -0.05) is 6.07 Å². The Morgan fingerprint density at radius 3 is 2.59 bits per heavy atom. The highest BCUT2D eigenvalue weighted by atomic mass is 19.4. The molecule has 204 valence electrons. The summed E-state index contributed by atoms with van der Waals surface area (Å²) in [4.78, 5) is 36.6. The fourth-order valence-corrected chi connectivity index (χ4v) is 4.69. The van der Waals surface area contributed by atoms with Gasteiger partial charge < -0.3 is 14.6 Å². The number of alkyl halides is 3. The van der Waals surface area contributed by atoms with Gasteiger partial charge in [0.1, 0.15) is 18.1 Å². The lowest BCUT2D eigenvalue weighted by Gasteiger charge is -2.35. The maximum Gasteiger partial charge on any atom is 0.397 e. The number of hydrogen-bond donors (Lipinski definition) is 1. The number of nitrogens with zero attached hydrogens (tertiary/aromatic N) is 6. The number of imidazole rings is 1. The fourth-order valence-electron chi connectivity index (χ4n) is 4.69. The van der Waals surface area contributed by atoms with Crippen LogP contribution in [0.2, 0.25) is 0 Å². The topological polar surface area (TPSA) is 100 Å². The standard InChI is InChI=1S/C27H28F3N7O2/c1-17-32-22(14-25(33-17)39-2)19-3-4-21-23(12-19)35-24(34-21)13-20-11-18(5-6-31-20)16-36-7-9-37(10-8-36)26(38)15-27(28,29)30/h3-6,11-12,14H,7-10,13,15-16H2,1-2H3,(H,34,35). The summed E-state index contributed by atoms with van der Waals surface area (Å²) in [6.45, 7) is 4.06. The van der Waals surface area contributed by atoms with Crippen molar-refractivity contribution in [2.45, 2.75) is 32.5 Å². The van der Waals surface area contributed by atoms with Gasteiger partial charge >= 0.3 is 6.18 Å². The van der Waals surface area contributed by atoms with Gasteiger partial charge in [-0.15, -0.1) is 0 Å². The molecule has 0 unspecified atom stereocenters. The molecule has 1 aliphatic heterocycles. The van der Waals surface area contributed by atoms with Gasteiger partial charge in [0, 0.05) is 62.7 Å². The number of aryl methyl sites for hydroxylation is 1. The van der Waals surface area contributed by atoms with E-state index in [4.69, 9.17) is 9.72 Å². The average molecular weight is 540 g/mol. The van der Waals surface area contributed by atoms with Crippen LogP contribution in [0.5, 0.6) is 5.88 Å². The minimum absolute atomic E-state index is 0.287. The summed E-state index contributed by atoms with van der Waals surface area (Å²) in [5, 5.41) is 0. The molecule has 12 heteroatoms. The molecule has 0 radical (unpaired) electrons. The van der Waals surface area contributed by atoms with Crippen molar-refractivity contribution in [1.29, 1.82) is 0 Å². The number of halogens is 3. The van der Waals surface area contributed by atoms with E-state index in [1.165, 1.54) is 4.90 Å². The number of nitrogens with one attached hydrogen (secondary N) is 1. The van der Waals surface area contributed by atoms with Crippen molar-refractivity contribution < 1.29 is 22.7 Å². The Balaban J connectivity index is 1.22. The van der Waals surface area contributed by atoms with Crippen LogP contribution in [0, 0.1) is 6.92 Å². The molecule has 4 heterocycles. The van der Waals surface area contributed by atoms with Crippen LogP contribution in [-0.2, 0) is 17.8 Å². The van der Waals surface area contributed by atoms with Crippen molar-refractivity contribution in [1.82, 2.24) is 34.7 Å². The van der Waals surface area contributed by atoms with Crippen molar-refractivity contribution in [3.63, 3.8) is 0 Å². The number of aromatic nitrogens is 5. The molecule has 1 aliphatic rings. The molecule has 1 amide bonds. The minimum atomic E-state index is -4.48. The summed E-state index contributed by atoms with van der Waals surface area (Å²) in [6, 6.07) is 11.6. The van der Waals surface area contributed by atoms with Gasteiger partial charge in [-0.05, 0) is 36.8 Å². The molecule has 0 spiro atoms. The van der Waals surface area contributed by atoms with Crippen molar-refractivity contribution >= 4 is 16.9 Å². The number of aromatic amines is 1. The number of hydrogen-bond acceptors (Lipinski definition) is 7. The van der Waals surface area contributed by atoms with Gasteiger partial charge in [0.15, 0.2) is 0 Å². The summed E-state index contributed by atoms with van der Waals surface area (Å²) in [5.41, 5.74) is 5.29. The number of carbonyl (C=O) groups is 1. The number of ether oxygens (including phenoxy) is 1. The van der Waals surface area contributed by atoms with Crippen molar-refractivity contribution in [2.24, 2.45) is 0 Å². The summed E-state index contributed by atoms with van der Waals surface area (Å²) in [6.07, 6.45) is -3.62. The van der Waals surface area contributed by atoms with E-state index in [9.17, 15) is 18.0 Å². The Hall–Kier alpha value is -4.06. The first kappa shape index (κ1) is 26.5. The molecule has 1 aromatic carbocycles. The van der Waals surface area contributed by atoms with Crippen LogP contribution in [0.1, 0.15) is 29.3 Å². The SMILES string of the molecule is COc1cc(-c2ccc3nc(Cc4cc(CN5CCN(C(=O)CC(F)(F)F)CC5)ccn4)[nH]c3c2)nc(C)n1. The van der Waals surface area contributed by atoms with E-state index in [1.807, 2.05) is 37.3 Å². The predicted molar refractivity (Wildman–Crippen MR) is 138 cm³/mol. The Morgan fingerprint density at radius 2 is 1.85 bits per heavy atom. The Kier molecular flexibility index (Phi) is 7.47. The lowest BCUT2D eigenvalue weighted by Crippen LogP contribution is -2.49. The monoisotopic (exact) mass is 539 g/mol. The summed E-state index contributed by atoms with van der Waals surface area (Å²) < 4.78 is 42.9. The van der Waals surface area contributed by atoms with Crippen LogP contribution in [0.4, 0.5) is 13.2 Å². The van der Waals surface area contributed by atoms with Gasteiger partial charge in [0.25, 0.3) is 0 Å². The fraction of sp³-hybridized carbons (Fsp3) is 0.370. The lowest BCUT2D eigenvalue weighted by molar-refractivity contribution is -0.162. The molecule has 0 aliphatic carbocycles. The molecular formula is C27H28F3N7O2. The third-order valence-electron chi connectivity index (χ3n) is 6.56. The van der Waals surface area contributed by atoms with Crippen LogP contribution in [0.25, 0.3) is 22.3 Å². The first-order chi connectivity index (χ1) is 18.6. The molecule has 5 rings (SSSR count). The number of carbonyl (C=O) groups excluding carboxylic acids is 1. The molecule has 0 bridgehead atoms. The first-order valence-electron chi connectivity index (χ1n) is 12.5. The average Bonchev–Trinajstić information content (AvgIpc) is 3.29. The molecule has 9 nitrogen and oxygen atoms in total. The summed E-state index contributed by atoms with van der Waals surface area (Å²) in [5.74, 6) is 1.04. The summed E-state index contributed by atoms with van der Waals surface area (Å²) >= 11 is 0. The third kappa shape index (κ3) is 6.69. The molecule has 1 saturated heterocycles. The zero-order chi connectivity index (χ0) is 27.6. The van der Waals surface area contributed by atoms with Gasteiger partial charge in [-0.3, -0.25) is 14.7 Å². The predicted octanol–water partition coefficient (Wildman–Crippen LogP) is 3.92. The van der Waals surface area contributed by atoms with E-state index in [2.05, 4.69) is 24.8 Å². The van der Waals surface area contributed by atoms with Gasteiger partial charge in [-0.2, -0.15) is 18.2 Å². The normalized spacial score (nSPS) is 14.6. The first-order valence-corrected chi connectivity index (χ1v) is 12.5. The van der Waals surface area contributed by atoms with Crippen LogP contribution < -0.4 is 4.74 Å². The number of methoxy groups -OCH3 is 1. The summed E-state index contributed by atoms with van der Waals surface area (Å²) in [7, 11) is 1.57. The van der Waals surface area contributed by atoms with Gasteiger partial charge in [0.05, 0.1) is 23.8 Å². The quantitative estimate of drug-likeness (QED) is 0.380. The third-order valence-corrected chi connectivity index (χ3v) is 6.56. The maximum atomic E-state index is 12.5. The smallest absolute Gasteiger partial charge is 0.397 e. The molecule has 3 aromatic heterocycles. The zero-order valence-corrected chi connectivity index (χ0v) is 21.6. The molecule has 1 fully saturated rings. The van der Waals surface area contributed by atoms with Crippen molar-refractivity contribution in [2.75, 3.05) is 33.3 Å². The van der Waals surface area contributed by atoms with Crippen LogP contribution >= 0.6 is 0 Å². The number of piperazine rings is 1. The number of pyridine rings is 1. The molecular weight excluding hydrogens is 511 g/mol.